The Kier molecular flexibility index (Phi) is 6.27. The number of halogens is 1. The number of sulfonamides is 1. The van der Waals surface area contributed by atoms with E-state index in [0.717, 1.165) is 16.7 Å². The maximum atomic E-state index is 13.0. The van der Waals surface area contributed by atoms with Crippen LogP contribution < -0.4 is 10.0 Å². The Balaban J connectivity index is 1.74. The van der Waals surface area contributed by atoms with Crippen molar-refractivity contribution in [1.29, 1.82) is 0 Å². The SMILES string of the molecule is Cc1cc(F)ccc1CNCCS(=O)(=O)NCc1ccccc1. The summed E-state index contributed by atoms with van der Waals surface area (Å²) in [6, 6.07) is 14.0. The van der Waals surface area contributed by atoms with E-state index in [0.29, 0.717) is 19.6 Å². The van der Waals surface area contributed by atoms with Crippen molar-refractivity contribution in [3.05, 3.63) is 71.0 Å². The van der Waals surface area contributed by atoms with Gasteiger partial charge in [0.2, 0.25) is 10.0 Å². The van der Waals surface area contributed by atoms with Gasteiger partial charge in [-0.05, 0) is 35.7 Å². The molecular weight excluding hydrogens is 315 g/mol. The maximum absolute atomic E-state index is 13.0. The normalized spacial score (nSPS) is 11.6. The van der Waals surface area contributed by atoms with E-state index in [2.05, 4.69) is 10.0 Å². The van der Waals surface area contributed by atoms with Crippen molar-refractivity contribution in [2.45, 2.75) is 20.0 Å². The summed E-state index contributed by atoms with van der Waals surface area (Å²) in [6.07, 6.45) is 0. The van der Waals surface area contributed by atoms with E-state index in [9.17, 15) is 12.8 Å². The number of rotatable bonds is 8. The van der Waals surface area contributed by atoms with Gasteiger partial charge >= 0.3 is 0 Å². The number of benzene rings is 2. The Bertz CT molecular complexity index is 734. The van der Waals surface area contributed by atoms with Gasteiger partial charge in [0.25, 0.3) is 0 Å². The molecule has 0 aliphatic heterocycles. The number of hydrogen-bond donors (Lipinski definition) is 2. The van der Waals surface area contributed by atoms with Crippen molar-refractivity contribution >= 4 is 10.0 Å². The van der Waals surface area contributed by atoms with Gasteiger partial charge in [-0.2, -0.15) is 0 Å². The first kappa shape index (κ1) is 17.6. The van der Waals surface area contributed by atoms with Gasteiger partial charge in [0, 0.05) is 19.6 Å². The minimum absolute atomic E-state index is 0.0000753. The molecule has 0 bridgehead atoms. The Hall–Kier alpha value is -1.76. The molecule has 0 unspecified atom stereocenters. The molecule has 0 aromatic heterocycles. The molecule has 0 saturated carbocycles. The molecule has 2 aromatic rings. The maximum Gasteiger partial charge on any atom is 0.213 e. The summed E-state index contributed by atoms with van der Waals surface area (Å²) in [6.45, 7) is 2.97. The highest BCUT2D eigenvalue weighted by Crippen LogP contribution is 2.09. The van der Waals surface area contributed by atoms with Crippen LogP contribution in [0.5, 0.6) is 0 Å². The minimum Gasteiger partial charge on any atom is -0.312 e. The van der Waals surface area contributed by atoms with E-state index >= 15 is 0 Å². The summed E-state index contributed by atoms with van der Waals surface area (Å²) < 4.78 is 39.4. The molecule has 2 rings (SSSR count). The number of hydrogen-bond acceptors (Lipinski definition) is 3. The Morgan fingerprint density at radius 3 is 2.48 bits per heavy atom. The zero-order valence-corrected chi connectivity index (χ0v) is 13.9. The van der Waals surface area contributed by atoms with E-state index < -0.39 is 10.0 Å². The first-order chi connectivity index (χ1) is 11.0. The van der Waals surface area contributed by atoms with Crippen molar-refractivity contribution in [3.63, 3.8) is 0 Å². The quantitative estimate of drug-likeness (QED) is 0.728. The predicted molar refractivity (Wildman–Crippen MR) is 89.9 cm³/mol. The van der Waals surface area contributed by atoms with Gasteiger partial charge in [-0.1, -0.05) is 36.4 Å². The van der Waals surface area contributed by atoms with Gasteiger partial charge in [0.05, 0.1) is 5.75 Å². The lowest BCUT2D eigenvalue weighted by molar-refractivity contribution is 0.576. The lowest BCUT2D eigenvalue weighted by atomic mass is 10.1. The van der Waals surface area contributed by atoms with Crippen molar-refractivity contribution in [1.82, 2.24) is 10.0 Å². The second kappa shape index (κ2) is 8.19. The zero-order chi connectivity index (χ0) is 16.7. The van der Waals surface area contributed by atoms with E-state index in [1.165, 1.54) is 12.1 Å². The van der Waals surface area contributed by atoms with Crippen LogP contribution in [0.2, 0.25) is 0 Å². The molecule has 0 fully saturated rings. The molecule has 4 nitrogen and oxygen atoms in total. The molecule has 0 amide bonds. The Labute approximate surface area is 136 Å². The topological polar surface area (TPSA) is 58.2 Å². The molecule has 0 saturated heterocycles. The zero-order valence-electron chi connectivity index (χ0n) is 13.0. The van der Waals surface area contributed by atoms with Crippen LogP contribution in [0.4, 0.5) is 4.39 Å². The average Bonchev–Trinajstić information content (AvgIpc) is 2.52. The number of nitrogens with one attached hydrogen (secondary N) is 2. The number of aryl methyl sites for hydroxylation is 1. The fourth-order valence-electron chi connectivity index (χ4n) is 2.15. The van der Waals surface area contributed by atoms with Crippen LogP contribution in [-0.4, -0.2) is 20.7 Å². The van der Waals surface area contributed by atoms with Crippen LogP contribution in [0.1, 0.15) is 16.7 Å². The Morgan fingerprint density at radius 1 is 1.04 bits per heavy atom. The molecule has 2 aromatic carbocycles. The first-order valence-corrected chi connectivity index (χ1v) is 9.08. The van der Waals surface area contributed by atoms with E-state index in [4.69, 9.17) is 0 Å². The highest BCUT2D eigenvalue weighted by Gasteiger charge is 2.09. The molecule has 124 valence electrons. The molecule has 23 heavy (non-hydrogen) atoms. The van der Waals surface area contributed by atoms with Crippen molar-refractivity contribution in [2.24, 2.45) is 0 Å². The van der Waals surface area contributed by atoms with Gasteiger partial charge in [-0.15, -0.1) is 0 Å². The van der Waals surface area contributed by atoms with Gasteiger partial charge < -0.3 is 5.32 Å². The van der Waals surface area contributed by atoms with Gasteiger partial charge in [-0.25, -0.2) is 17.5 Å². The molecule has 0 heterocycles. The lowest BCUT2D eigenvalue weighted by Gasteiger charge is -2.09. The van der Waals surface area contributed by atoms with Crippen LogP contribution in [-0.2, 0) is 23.1 Å². The average molecular weight is 336 g/mol. The second-order valence-electron chi connectivity index (χ2n) is 5.37. The van der Waals surface area contributed by atoms with Crippen molar-refractivity contribution < 1.29 is 12.8 Å². The smallest absolute Gasteiger partial charge is 0.213 e. The summed E-state index contributed by atoms with van der Waals surface area (Å²) in [5.41, 5.74) is 2.73. The lowest BCUT2D eigenvalue weighted by Crippen LogP contribution is -2.31. The van der Waals surface area contributed by atoms with Crippen molar-refractivity contribution in [3.8, 4) is 0 Å². The highest BCUT2D eigenvalue weighted by molar-refractivity contribution is 7.89. The predicted octanol–water partition coefficient (Wildman–Crippen LogP) is 2.34. The van der Waals surface area contributed by atoms with E-state index in [-0.39, 0.29) is 11.6 Å². The van der Waals surface area contributed by atoms with E-state index in [1.54, 1.807) is 6.07 Å². The molecular formula is C17H21FN2O2S. The Morgan fingerprint density at radius 2 is 1.78 bits per heavy atom. The summed E-state index contributed by atoms with van der Waals surface area (Å²) >= 11 is 0. The monoisotopic (exact) mass is 336 g/mol. The molecule has 0 spiro atoms. The minimum atomic E-state index is -3.32. The van der Waals surface area contributed by atoms with Crippen LogP contribution in [0.15, 0.2) is 48.5 Å². The molecule has 6 heteroatoms. The van der Waals surface area contributed by atoms with Gasteiger partial charge in [-0.3, -0.25) is 0 Å². The van der Waals surface area contributed by atoms with Crippen LogP contribution in [0, 0.1) is 12.7 Å². The fraction of sp³-hybridized carbons (Fsp3) is 0.294. The van der Waals surface area contributed by atoms with Gasteiger partial charge in [0.15, 0.2) is 0 Å². The fourth-order valence-corrected chi connectivity index (χ4v) is 3.09. The first-order valence-electron chi connectivity index (χ1n) is 7.43. The molecule has 0 aliphatic rings. The third-order valence-corrected chi connectivity index (χ3v) is 4.83. The molecule has 0 aliphatic carbocycles. The second-order valence-corrected chi connectivity index (χ2v) is 7.30. The van der Waals surface area contributed by atoms with Crippen LogP contribution in [0.25, 0.3) is 0 Å². The molecule has 0 radical (unpaired) electrons. The third-order valence-electron chi connectivity index (χ3n) is 3.51. The molecule has 0 atom stereocenters. The van der Waals surface area contributed by atoms with Crippen molar-refractivity contribution in [2.75, 3.05) is 12.3 Å². The van der Waals surface area contributed by atoms with E-state index in [1.807, 2.05) is 37.3 Å². The largest absolute Gasteiger partial charge is 0.312 e. The van der Waals surface area contributed by atoms with Crippen LogP contribution >= 0.6 is 0 Å². The standard InChI is InChI=1S/C17H21FN2O2S/c1-14-11-17(18)8-7-16(14)13-19-9-10-23(21,22)20-12-15-5-3-2-4-6-15/h2-8,11,19-20H,9-10,12-13H2,1H3. The third kappa shape index (κ3) is 6.09. The van der Waals surface area contributed by atoms with Gasteiger partial charge in [0.1, 0.15) is 5.82 Å². The summed E-state index contributed by atoms with van der Waals surface area (Å²) in [5, 5.41) is 3.07. The summed E-state index contributed by atoms with van der Waals surface area (Å²) in [7, 11) is -3.32. The molecule has 2 N–H and O–H groups in total. The highest BCUT2D eigenvalue weighted by atomic mass is 32.2. The summed E-state index contributed by atoms with van der Waals surface area (Å²) in [4.78, 5) is 0. The van der Waals surface area contributed by atoms with Crippen LogP contribution in [0.3, 0.4) is 0 Å². The summed E-state index contributed by atoms with van der Waals surface area (Å²) in [5.74, 6) is -0.265.